The van der Waals surface area contributed by atoms with Gasteiger partial charge in [-0.1, -0.05) is 37.0 Å². The Morgan fingerprint density at radius 2 is 1.73 bits per heavy atom. The van der Waals surface area contributed by atoms with Crippen molar-refractivity contribution in [2.45, 2.75) is 91.6 Å². The molecule has 3 rings (SSSR count). The molecule has 2 amide bonds. The number of aliphatic hydroxyl groups excluding tert-OH is 2. The van der Waals surface area contributed by atoms with Crippen LogP contribution in [0.1, 0.15) is 88.3 Å². The number of aromatic hydroxyl groups is 1. The van der Waals surface area contributed by atoms with Crippen molar-refractivity contribution in [2.24, 2.45) is 17.8 Å². The van der Waals surface area contributed by atoms with E-state index in [2.05, 4.69) is 13.0 Å². The molecule has 4 N–H and O–H groups in total. The normalized spacial score (nSPS) is 22.2. The molecule has 0 saturated carbocycles. The molecule has 1 aromatic carbocycles. The summed E-state index contributed by atoms with van der Waals surface area (Å²) >= 11 is 0. The Morgan fingerprint density at radius 1 is 1.05 bits per heavy atom. The summed E-state index contributed by atoms with van der Waals surface area (Å²) in [7, 11) is 0. The molecule has 0 aromatic heterocycles. The van der Waals surface area contributed by atoms with Crippen molar-refractivity contribution >= 4 is 23.9 Å². The number of aryl methyl sites for hydroxylation is 2. The number of carboxylic acids is 1. The van der Waals surface area contributed by atoms with E-state index in [1.807, 2.05) is 32.9 Å². The van der Waals surface area contributed by atoms with Crippen LogP contribution in [0.5, 0.6) is 5.75 Å². The Bertz CT molecular complexity index is 1140. The van der Waals surface area contributed by atoms with Gasteiger partial charge in [0.05, 0.1) is 24.5 Å². The Kier molecular flexibility index (Phi) is 11.1. The summed E-state index contributed by atoms with van der Waals surface area (Å²) in [5, 5.41) is 40.7. The van der Waals surface area contributed by atoms with Gasteiger partial charge in [-0.25, -0.2) is 0 Å². The van der Waals surface area contributed by atoms with E-state index in [4.69, 9.17) is 5.11 Å². The Labute approximate surface area is 237 Å². The number of unbranched alkanes of at least 4 members (excludes halogenated alkanes) is 2. The predicted octanol–water partition coefficient (Wildman–Crippen LogP) is 4.91. The van der Waals surface area contributed by atoms with Gasteiger partial charge >= 0.3 is 5.97 Å². The van der Waals surface area contributed by atoms with Crippen molar-refractivity contribution in [2.75, 3.05) is 13.2 Å². The second-order valence-corrected chi connectivity index (χ2v) is 11.5. The van der Waals surface area contributed by atoms with Crippen LogP contribution in [0.15, 0.2) is 28.9 Å². The third-order valence-corrected chi connectivity index (χ3v) is 8.44. The van der Waals surface area contributed by atoms with Crippen molar-refractivity contribution in [3.05, 3.63) is 45.5 Å². The summed E-state index contributed by atoms with van der Waals surface area (Å²) in [6, 6.07) is 3.90. The van der Waals surface area contributed by atoms with Crippen LogP contribution in [0.3, 0.4) is 0 Å². The van der Waals surface area contributed by atoms with Crippen molar-refractivity contribution < 1.29 is 34.8 Å². The molecule has 1 saturated heterocycles. The molecule has 1 fully saturated rings. The number of hydrogen-bond acceptors (Lipinski definition) is 6. The first-order valence-electron chi connectivity index (χ1n) is 14.5. The van der Waals surface area contributed by atoms with Crippen LogP contribution in [0.4, 0.5) is 0 Å². The second-order valence-electron chi connectivity index (χ2n) is 11.5. The molecule has 8 heteroatoms. The highest BCUT2D eigenvalue weighted by molar-refractivity contribution is 6.05. The number of phenolic OH excluding ortho intramolecular Hbond substituents is 1. The fraction of sp³-hybridized carbons (Fsp3) is 0.594. The molecule has 0 spiro atoms. The van der Waals surface area contributed by atoms with E-state index in [1.54, 1.807) is 0 Å². The number of benzene rings is 1. The SMILES string of the molecule is CCC/C(=C\c1cc(C)c(O)c(C)c1)CC[C@@H](O)C1=C(C)C[C@H]2C(=O)N(CCCCCC(=O)O)C(=O)[C@H]2[C@H]1CO. The average Bonchev–Trinajstić information content (AvgIpc) is 3.13. The fourth-order valence-corrected chi connectivity index (χ4v) is 6.50. The lowest BCUT2D eigenvalue weighted by Gasteiger charge is -2.35. The standard InChI is InChI=1S/C32H45NO7/c1-5-9-22(17-23-14-20(3)30(38)21(4)15-23)11-12-26(35)28-19(2)16-24-29(25(28)18-34)32(40)33(31(24)39)13-8-6-7-10-27(36)37/h14-15,17,24-26,29,34-35,38H,5-13,16,18H2,1-4H3,(H,36,37)/b22-17+/t24-,25+,26-,29-/m1/s1. The number of amides is 2. The molecular formula is C32H45NO7. The number of phenols is 1. The lowest BCUT2D eigenvalue weighted by atomic mass is 9.68. The molecule has 40 heavy (non-hydrogen) atoms. The first-order chi connectivity index (χ1) is 19.0. The number of allylic oxidation sites excluding steroid dienone is 2. The average molecular weight is 556 g/mol. The molecule has 1 heterocycles. The zero-order valence-electron chi connectivity index (χ0n) is 24.3. The van der Waals surface area contributed by atoms with Gasteiger partial charge in [-0.3, -0.25) is 19.3 Å². The van der Waals surface area contributed by atoms with Gasteiger partial charge < -0.3 is 20.4 Å². The van der Waals surface area contributed by atoms with Gasteiger partial charge in [-0.15, -0.1) is 0 Å². The third kappa shape index (κ3) is 7.21. The minimum Gasteiger partial charge on any atom is -0.507 e. The lowest BCUT2D eigenvalue weighted by molar-refractivity contribution is -0.141. The second kappa shape index (κ2) is 14.1. The number of carbonyl (C=O) groups is 3. The smallest absolute Gasteiger partial charge is 0.303 e. The molecule has 0 bridgehead atoms. The van der Waals surface area contributed by atoms with E-state index >= 15 is 0 Å². The maximum atomic E-state index is 13.4. The lowest BCUT2D eigenvalue weighted by Crippen LogP contribution is -2.39. The summed E-state index contributed by atoms with van der Waals surface area (Å²) in [5.74, 6) is -2.91. The molecule has 1 aliphatic carbocycles. The molecule has 2 aliphatic rings. The number of fused-ring (bicyclic) bond motifs is 1. The number of hydrogen-bond donors (Lipinski definition) is 4. The Balaban J connectivity index is 1.72. The molecule has 4 atom stereocenters. The summed E-state index contributed by atoms with van der Waals surface area (Å²) in [4.78, 5) is 38.5. The van der Waals surface area contributed by atoms with Crippen LogP contribution in [0, 0.1) is 31.6 Å². The maximum Gasteiger partial charge on any atom is 0.303 e. The summed E-state index contributed by atoms with van der Waals surface area (Å²) in [6.07, 6.45) is 6.28. The topological polar surface area (TPSA) is 135 Å². The Hall–Kier alpha value is -2.97. The van der Waals surface area contributed by atoms with Gasteiger partial charge in [0.1, 0.15) is 5.75 Å². The van der Waals surface area contributed by atoms with Crippen LogP contribution in [-0.2, 0) is 14.4 Å². The van der Waals surface area contributed by atoms with Crippen molar-refractivity contribution in [3.8, 4) is 5.75 Å². The maximum absolute atomic E-state index is 13.4. The van der Waals surface area contributed by atoms with Crippen molar-refractivity contribution in [1.29, 1.82) is 0 Å². The minimum atomic E-state index is -0.861. The molecule has 0 unspecified atom stereocenters. The quantitative estimate of drug-likeness (QED) is 0.146. The van der Waals surface area contributed by atoms with Crippen LogP contribution in [0.25, 0.3) is 6.08 Å². The third-order valence-electron chi connectivity index (χ3n) is 8.44. The van der Waals surface area contributed by atoms with Crippen molar-refractivity contribution in [1.82, 2.24) is 4.90 Å². The van der Waals surface area contributed by atoms with Gasteiger partial charge in [0.2, 0.25) is 11.8 Å². The number of nitrogens with zero attached hydrogens (tertiary/aromatic N) is 1. The fourth-order valence-electron chi connectivity index (χ4n) is 6.50. The number of aliphatic hydroxyl groups is 2. The first-order valence-corrected chi connectivity index (χ1v) is 14.5. The highest BCUT2D eigenvalue weighted by Crippen LogP contribution is 2.46. The van der Waals surface area contributed by atoms with Crippen LogP contribution < -0.4 is 0 Å². The van der Waals surface area contributed by atoms with E-state index in [-0.39, 0.29) is 31.4 Å². The molecule has 220 valence electrons. The number of rotatable bonds is 14. The highest BCUT2D eigenvalue weighted by Gasteiger charge is 2.54. The number of carbonyl (C=O) groups excluding carboxylic acids is 2. The highest BCUT2D eigenvalue weighted by atomic mass is 16.4. The number of aliphatic carboxylic acids is 1. The summed E-state index contributed by atoms with van der Waals surface area (Å²) < 4.78 is 0. The molecule has 0 radical (unpaired) electrons. The molecular weight excluding hydrogens is 510 g/mol. The summed E-state index contributed by atoms with van der Waals surface area (Å²) in [5.41, 5.74) is 5.36. The summed E-state index contributed by atoms with van der Waals surface area (Å²) in [6.45, 7) is 7.67. The molecule has 1 aromatic rings. The van der Waals surface area contributed by atoms with Crippen LogP contribution in [0.2, 0.25) is 0 Å². The van der Waals surface area contributed by atoms with E-state index in [0.29, 0.717) is 49.8 Å². The van der Waals surface area contributed by atoms with E-state index in [1.165, 1.54) is 10.5 Å². The van der Waals surface area contributed by atoms with Gasteiger partial charge in [0, 0.05) is 18.9 Å². The number of likely N-dealkylation sites (tertiary alicyclic amines) is 1. The van der Waals surface area contributed by atoms with E-state index in [0.717, 1.165) is 35.1 Å². The zero-order valence-corrected chi connectivity index (χ0v) is 24.3. The van der Waals surface area contributed by atoms with Gasteiger partial charge in [-0.2, -0.15) is 0 Å². The van der Waals surface area contributed by atoms with Crippen LogP contribution >= 0.6 is 0 Å². The van der Waals surface area contributed by atoms with Gasteiger partial charge in [0.15, 0.2) is 0 Å². The molecule has 8 nitrogen and oxygen atoms in total. The predicted molar refractivity (Wildman–Crippen MR) is 153 cm³/mol. The number of carboxylic acid groups (broad SMARTS) is 1. The minimum absolute atomic E-state index is 0.0630. The first kappa shape index (κ1) is 31.6. The van der Waals surface area contributed by atoms with Gasteiger partial charge in [0.25, 0.3) is 0 Å². The number of imide groups is 1. The monoisotopic (exact) mass is 555 g/mol. The van der Waals surface area contributed by atoms with Gasteiger partial charge in [-0.05, 0) is 93.7 Å². The van der Waals surface area contributed by atoms with Crippen LogP contribution in [-0.4, -0.2) is 62.4 Å². The zero-order chi connectivity index (χ0) is 29.6. The van der Waals surface area contributed by atoms with E-state index in [9.17, 15) is 29.7 Å². The van der Waals surface area contributed by atoms with E-state index < -0.39 is 29.8 Å². The molecule has 1 aliphatic heterocycles. The largest absolute Gasteiger partial charge is 0.507 e. The van der Waals surface area contributed by atoms with Crippen molar-refractivity contribution in [3.63, 3.8) is 0 Å². The Morgan fingerprint density at radius 3 is 2.33 bits per heavy atom.